The zero-order valence-corrected chi connectivity index (χ0v) is 7.97. The maximum Gasteiger partial charge on any atom is 0.460 e. The molecule has 0 aromatic carbocycles. The molecule has 2 rings (SSSR count). The van der Waals surface area contributed by atoms with Crippen LogP contribution in [0.5, 0.6) is 0 Å². The molecule has 6 heteroatoms. The maximum absolute atomic E-state index is 5.25. The third kappa shape index (κ3) is 2.60. The normalized spacial score (nSPS) is 28.9. The second-order valence-corrected chi connectivity index (χ2v) is 3.63. The fourth-order valence-electron chi connectivity index (χ4n) is 1.01. The molecular weight excluding hydrogens is 190 g/mol. The van der Waals surface area contributed by atoms with Gasteiger partial charge in [0.25, 0.3) is 5.10 Å². The predicted molar refractivity (Wildman–Crippen MR) is 51.8 cm³/mol. The first-order valence-corrected chi connectivity index (χ1v) is 5.17. The van der Waals surface area contributed by atoms with E-state index in [1.807, 2.05) is 0 Å². The average Bonchev–Trinajstić information content (AvgIpc) is 2.69. The van der Waals surface area contributed by atoms with E-state index < -0.39 is 0 Å². The van der Waals surface area contributed by atoms with Crippen molar-refractivity contribution in [2.45, 2.75) is 0 Å². The molecule has 13 heavy (non-hydrogen) atoms. The molecule has 0 aromatic heterocycles. The minimum absolute atomic E-state index is 0.634. The number of hydrogen-bond donors (Lipinski definition) is 1. The summed E-state index contributed by atoms with van der Waals surface area (Å²) in [6.45, 7) is 2.92. The molecular formula is C7H11N3O2S+. The van der Waals surface area contributed by atoms with E-state index in [9.17, 15) is 0 Å². The highest BCUT2D eigenvalue weighted by atomic mass is 32.2. The highest BCUT2D eigenvalue weighted by Crippen LogP contribution is 2.12. The van der Waals surface area contributed by atoms with Crippen molar-refractivity contribution < 1.29 is 9.47 Å². The van der Waals surface area contributed by atoms with Crippen LogP contribution in [0.2, 0.25) is 0 Å². The number of morpholine rings is 1. The van der Waals surface area contributed by atoms with Crippen molar-refractivity contribution in [1.82, 2.24) is 10.4 Å². The summed E-state index contributed by atoms with van der Waals surface area (Å²) in [6, 6.07) is 0. The molecule has 0 bridgehead atoms. The summed E-state index contributed by atoms with van der Waals surface area (Å²) in [7, 11) is 0. The van der Waals surface area contributed by atoms with Crippen LogP contribution in [0.1, 0.15) is 0 Å². The first kappa shape index (κ1) is 8.83. The van der Waals surface area contributed by atoms with Gasteiger partial charge in [-0.15, -0.1) is 0 Å². The summed E-state index contributed by atoms with van der Waals surface area (Å²) in [5.41, 5.74) is 0. The van der Waals surface area contributed by atoms with Gasteiger partial charge in [0.1, 0.15) is 24.9 Å². The lowest BCUT2D eigenvalue weighted by Crippen LogP contribution is -2.36. The highest BCUT2D eigenvalue weighted by molar-refractivity contribution is 8.13. The predicted octanol–water partition coefficient (Wildman–Crippen LogP) is -0.625. The lowest BCUT2D eigenvalue weighted by atomic mass is 10.5. The molecule has 0 aromatic rings. The van der Waals surface area contributed by atoms with Crippen molar-refractivity contribution in [3.05, 3.63) is 0 Å². The molecule has 2 aliphatic heterocycles. The summed E-state index contributed by atoms with van der Waals surface area (Å²) in [4.78, 5) is 0. The number of ether oxygens (including phenoxy) is 2. The smallest absolute Gasteiger partial charge is 0.460 e. The topological polar surface area (TPSA) is 57.0 Å². The largest absolute Gasteiger partial charge is 0.468 e. The Morgan fingerprint density at radius 3 is 3.08 bits per heavy atom. The van der Waals surface area contributed by atoms with E-state index in [1.165, 1.54) is 0 Å². The van der Waals surface area contributed by atoms with Crippen LogP contribution in [0.25, 0.3) is 0 Å². The molecule has 0 spiro atoms. The van der Waals surface area contributed by atoms with E-state index >= 15 is 0 Å². The van der Waals surface area contributed by atoms with Gasteiger partial charge in [0.15, 0.2) is 0 Å². The lowest BCUT2D eigenvalue weighted by Gasteiger charge is -2.07. The van der Waals surface area contributed by atoms with Crippen LogP contribution in [0, 0.1) is 0 Å². The molecule has 0 amide bonds. The van der Waals surface area contributed by atoms with Gasteiger partial charge in [-0.05, 0) is 0 Å². The van der Waals surface area contributed by atoms with Gasteiger partial charge >= 0.3 is 11.1 Å². The molecule has 2 fully saturated rings. The van der Waals surface area contributed by atoms with Crippen molar-refractivity contribution in [3.8, 4) is 0 Å². The van der Waals surface area contributed by atoms with Crippen LogP contribution in [0.3, 0.4) is 0 Å². The van der Waals surface area contributed by atoms with E-state index in [1.54, 1.807) is 11.8 Å². The van der Waals surface area contributed by atoms with Crippen LogP contribution in [-0.4, -0.2) is 43.2 Å². The van der Waals surface area contributed by atoms with Crippen molar-refractivity contribution in [1.29, 1.82) is 0 Å². The highest BCUT2D eigenvalue weighted by Gasteiger charge is 2.20. The number of hydrogen-bond acceptors (Lipinski definition) is 6. The SMILES string of the molecule is C1COC(=[N+]N=C2OCCS2)CN1. The summed E-state index contributed by atoms with van der Waals surface area (Å²) in [5.74, 6) is 1.60. The zero-order chi connectivity index (χ0) is 8.93. The van der Waals surface area contributed by atoms with E-state index in [0.29, 0.717) is 24.3 Å². The number of thioether (sulfide) groups is 1. The van der Waals surface area contributed by atoms with Crippen LogP contribution in [0.15, 0.2) is 5.10 Å². The van der Waals surface area contributed by atoms with Gasteiger partial charge in [-0.3, -0.25) is 0 Å². The first-order valence-electron chi connectivity index (χ1n) is 4.19. The molecule has 0 saturated carbocycles. The first-order chi connectivity index (χ1) is 6.45. The van der Waals surface area contributed by atoms with Crippen LogP contribution >= 0.6 is 11.8 Å². The van der Waals surface area contributed by atoms with Crippen LogP contribution in [-0.2, 0) is 9.47 Å². The monoisotopic (exact) mass is 201 g/mol. The van der Waals surface area contributed by atoms with E-state index in [0.717, 1.165) is 18.9 Å². The molecule has 0 atom stereocenters. The Balaban J connectivity index is 1.90. The Hall–Kier alpha value is -0.750. The van der Waals surface area contributed by atoms with Gasteiger partial charge in [-0.25, -0.2) is 0 Å². The van der Waals surface area contributed by atoms with Gasteiger partial charge in [0, 0.05) is 12.3 Å². The van der Waals surface area contributed by atoms with E-state index in [4.69, 9.17) is 9.47 Å². The molecule has 1 radical (unpaired) electrons. The quantitative estimate of drug-likeness (QED) is 0.574. The van der Waals surface area contributed by atoms with Gasteiger partial charge in [-0.2, -0.15) is 0 Å². The zero-order valence-electron chi connectivity index (χ0n) is 7.15. The Labute approximate surface area is 80.6 Å². The summed E-state index contributed by atoms with van der Waals surface area (Å²) >= 11 is 1.58. The van der Waals surface area contributed by atoms with E-state index in [2.05, 4.69) is 15.5 Å². The van der Waals surface area contributed by atoms with Crippen molar-refractivity contribution in [2.75, 3.05) is 32.1 Å². The average molecular weight is 201 g/mol. The lowest BCUT2D eigenvalue weighted by molar-refractivity contribution is 0.266. The van der Waals surface area contributed by atoms with Crippen LogP contribution in [0.4, 0.5) is 0 Å². The second kappa shape index (κ2) is 4.48. The number of nitrogens with one attached hydrogen (secondary N) is 1. The molecule has 0 aliphatic carbocycles. The Bertz CT molecular complexity index is 226. The standard InChI is InChI=1S/C7H11N3O2S/c1-2-11-6(5-8-1)9-10-7-12-3-4-13-7/h8H,1-5H2/q+1. The van der Waals surface area contributed by atoms with Gasteiger partial charge in [0.05, 0.1) is 0 Å². The molecule has 1 N–H and O–H groups in total. The van der Waals surface area contributed by atoms with Gasteiger partial charge < -0.3 is 14.8 Å². The maximum atomic E-state index is 5.25. The third-order valence-electron chi connectivity index (χ3n) is 1.60. The molecule has 5 nitrogen and oxygen atoms in total. The molecule has 2 aliphatic rings. The number of rotatable bonds is 1. The van der Waals surface area contributed by atoms with E-state index in [-0.39, 0.29) is 0 Å². The Kier molecular flexibility index (Phi) is 3.04. The third-order valence-corrected chi connectivity index (χ3v) is 2.42. The van der Waals surface area contributed by atoms with Gasteiger partial charge in [0.2, 0.25) is 0 Å². The molecule has 71 valence electrons. The summed E-state index contributed by atoms with van der Waals surface area (Å²) in [5, 5.41) is 11.6. The minimum Gasteiger partial charge on any atom is -0.468 e. The summed E-state index contributed by atoms with van der Waals surface area (Å²) < 4.78 is 10.4. The number of nitrogens with zero attached hydrogens (tertiary/aromatic N) is 2. The Morgan fingerprint density at radius 2 is 2.38 bits per heavy atom. The van der Waals surface area contributed by atoms with Crippen molar-refractivity contribution in [3.63, 3.8) is 0 Å². The van der Waals surface area contributed by atoms with Crippen LogP contribution < -0.4 is 10.4 Å². The molecule has 2 saturated heterocycles. The fourth-order valence-corrected chi connectivity index (χ4v) is 1.61. The van der Waals surface area contributed by atoms with Crippen molar-refractivity contribution in [2.24, 2.45) is 5.10 Å². The summed E-state index contributed by atoms with van der Waals surface area (Å²) in [6.07, 6.45) is 0. The second-order valence-electron chi connectivity index (χ2n) is 2.58. The molecule has 0 unspecified atom stereocenters. The van der Waals surface area contributed by atoms with Crippen molar-refractivity contribution >= 4 is 22.9 Å². The fraction of sp³-hybridized carbons (Fsp3) is 0.714. The minimum atomic E-state index is 0.634. The molecule has 2 heterocycles. The van der Waals surface area contributed by atoms with Gasteiger partial charge in [-0.1, -0.05) is 11.8 Å². The Morgan fingerprint density at radius 1 is 1.38 bits per heavy atom.